The molecule has 0 aromatic carbocycles. The van der Waals surface area contributed by atoms with E-state index in [2.05, 4.69) is 29.5 Å². The Bertz CT molecular complexity index is 380. The molecule has 1 unspecified atom stereocenters. The van der Waals surface area contributed by atoms with Gasteiger partial charge in [0.05, 0.1) is 18.8 Å². The monoisotopic (exact) mass is 341 g/mol. The Labute approximate surface area is 146 Å². The number of carbonyl (C=O) groups excluding carboxylic acids is 1. The summed E-state index contributed by atoms with van der Waals surface area (Å²) in [6.45, 7) is 9.80. The molecule has 0 saturated carbocycles. The van der Waals surface area contributed by atoms with Gasteiger partial charge in [0.15, 0.2) is 5.96 Å². The number of aliphatic imine (C=N–C) groups is 1. The molecule has 2 N–H and O–H groups in total. The fourth-order valence-electron chi connectivity index (χ4n) is 2.74. The lowest BCUT2D eigenvalue weighted by molar-refractivity contribution is -0.143. The van der Waals surface area contributed by atoms with Crippen LogP contribution in [0.15, 0.2) is 4.99 Å². The van der Waals surface area contributed by atoms with E-state index in [0.29, 0.717) is 19.6 Å². The fraction of sp³-hybridized carbons (Fsp3) is 0.889. The molecule has 0 amide bonds. The Hall–Kier alpha value is -1.30. The van der Waals surface area contributed by atoms with Crippen LogP contribution in [0.2, 0.25) is 0 Å². The molecule has 1 heterocycles. The summed E-state index contributed by atoms with van der Waals surface area (Å²) in [5.41, 5.74) is -0.102. The van der Waals surface area contributed by atoms with Crippen LogP contribution in [0.25, 0.3) is 0 Å². The van der Waals surface area contributed by atoms with E-state index in [9.17, 15) is 4.79 Å². The predicted octanol–water partition coefficient (Wildman–Crippen LogP) is 2.62. The molecule has 6 nitrogen and oxygen atoms in total. The molecule has 1 atom stereocenters. The predicted molar refractivity (Wildman–Crippen MR) is 97.3 cm³/mol. The van der Waals surface area contributed by atoms with Gasteiger partial charge in [0.2, 0.25) is 0 Å². The van der Waals surface area contributed by atoms with Crippen LogP contribution in [0.3, 0.4) is 0 Å². The first kappa shape index (κ1) is 20.7. The van der Waals surface area contributed by atoms with Crippen LogP contribution in [0.4, 0.5) is 0 Å². The van der Waals surface area contributed by atoms with Gasteiger partial charge in [0, 0.05) is 26.1 Å². The Morgan fingerprint density at radius 2 is 2.00 bits per heavy atom. The molecular formula is C18H35N3O3. The highest BCUT2D eigenvalue weighted by Crippen LogP contribution is 2.24. The van der Waals surface area contributed by atoms with Crippen LogP contribution in [0.1, 0.15) is 65.7 Å². The second-order valence-corrected chi connectivity index (χ2v) is 6.49. The maximum absolute atomic E-state index is 11.2. The highest BCUT2D eigenvalue weighted by molar-refractivity contribution is 5.79. The van der Waals surface area contributed by atoms with Gasteiger partial charge in [-0.1, -0.05) is 12.8 Å². The number of nitrogens with one attached hydrogen (secondary N) is 2. The number of carbonyl (C=O) groups is 1. The zero-order valence-electron chi connectivity index (χ0n) is 15.7. The first-order valence-electron chi connectivity index (χ1n) is 9.41. The molecule has 140 valence electrons. The summed E-state index contributed by atoms with van der Waals surface area (Å²) in [5.74, 6) is 0.778. The average molecular weight is 341 g/mol. The molecule has 0 aliphatic carbocycles. The topological polar surface area (TPSA) is 72.0 Å². The molecule has 0 spiro atoms. The zero-order chi connectivity index (χ0) is 17.7. The van der Waals surface area contributed by atoms with Gasteiger partial charge in [-0.3, -0.25) is 9.79 Å². The normalized spacial score (nSPS) is 20.9. The lowest BCUT2D eigenvalue weighted by atomic mass is 10.0. The van der Waals surface area contributed by atoms with Gasteiger partial charge in [-0.15, -0.1) is 0 Å². The molecule has 1 saturated heterocycles. The quantitative estimate of drug-likeness (QED) is 0.262. The highest BCUT2D eigenvalue weighted by atomic mass is 16.5. The third-order valence-corrected chi connectivity index (χ3v) is 4.12. The maximum Gasteiger partial charge on any atom is 0.305 e. The van der Waals surface area contributed by atoms with Gasteiger partial charge in [0.1, 0.15) is 0 Å². The minimum atomic E-state index is -0.102. The number of hydrogen-bond donors (Lipinski definition) is 2. The molecule has 0 radical (unpaired) electrons. The van der Waals surface area contributed by atoms with E-state index < -0.39 is 0 Å². The zero-order valence-corrected chi connectivity index (χ0v) is 15.7. The second-order valence-electron chi connectivity index (χ2n) is 6.49. The largest absolute Gasteiger partial charge is 0.466 e. The molecule has 6 heteroatoms. The Morgan fingerprint density at radius 3 is 2.67 bits per heavy atom. The first-order chi connectivity index (χ1) is 11.6. The van der Waals surface area contributed by atoms with Crippen molar-refractivity contribution < 1.29 is 14.3 Å². The van der Waals surface area contributed by atoms with Crippen molar-refractivity contribution in [2.75, 3.05) is 32.8 Å². The van der Waals surface area contributed by atoms with Gasteiger partial charge < -0.3 is 20.1 Å². The summed E-state index contributed by atoms with van der Waals surface area (Å²) in [6.07, 6.45) is 6.87. The van der Waals surface area contributed by atoms with E-state index in [1.165, 1.54) is 0 Å². The van der Waals surface area contributed by atoms with Gasteiger partial charge in [-0.2, -0.15) is 0 Å². The highest BCUT2D eigenvalue weighted by Gasteiger charge is 2.29. The van der Waals surface area contributed by atoms with Crippen LogP contribution >= 0.6 is 0 Å². The van der Waals surface area contributed by atoms with Gasteiger partial charge in [-0.25, -0.2) is 0 Å². The molecule has 0 aromatic heterocycles. The number of guanidine groups is 1. The van der Waals surface area contributed by atoms with E-state index in [0.717, 1.165) is 64.2 Å². The third kappa shape index (κ3) is 9.11. The summed E-state index contributed by atoms with van der Waals surface area (Å²) in [4.78, 5) is 15.9. The lowest BCUT2D eigenvalue weighted by Gasteiger charge is -2.21. The van der Waals surface area contributed by atoms with Gasteiger partial charge >= 0.3 is 5.97 Å². The van der Waals surface area contributed by atoms with Crippen LogP contribution in [-0.2, 0) is 14.3 Å². The SMILES string of the molecule is CCNC(=NCC1(C)CCCO1)NCCCCCCC(=O)OCC. The van der Waals surface area contributed by atoms with E-state index >= 15 is 0 Å². The molecular weight excluding hydrogens is 306 g/mol. The molecule has 0 bridgehead atoms. The number of unbranched alkanes of at least 4 members (excludes halogenated alkanes) is 3. The third-order valence-electron chi connectivity index (χ3n) is 4.12. The van der Waals surface area contributed by atoms with Crippen molar-refractivity contribution in [2.24, 2.45) is 4.99 Å². The van der Waals surface area contributed by atoms with Crippen molar-refractivity contribution in [3.8, 4) is 0 Å². The van der Waals surface area contributed by atoms with Crippen LogP contribution in [0, 0.1) is 0 Å². The molecule has 0 aromatic rings. The molecule has 24 heavy (non-hydrogen) atoms. The summed E-state index contributed by atoms with van der Waals surface area (Å²) >= 11 is 0. The average Bonchev–Trinajstić information content (AvgIpc) is 2.99. The number of ether oxygens (including phenoxy) is 2. The molecule has 1 aliphatic rings. The fourth-order valence-corrected chi connectivity index (χ4v) is 2.74. The Kier molecular flexibility index (Phi) is 10.5. The minimum absolute atomic E-state index is 0.0835. The molecule has 1 aliphatic heterocycles. The van der Waals surface area contributed by atoms with E-state index in [-0.39, 0.29) is 11.6 Å². The van der Waals surface area contributed by atoms with Crippen molar-refractivity contribution in [1.82, 2.24) is 10.6 Å². The summed E-state index contributed by atoms with van der Waals surface area (Å²) in [6, 6.07) is 0. The minimum Gasteiger partial charge on any atom is -0.466 e. The molecule has 1 rings (SSSR count). The lowest BCUT2D eigenvalue weighted by Crippen LogP contribution is -2.39. The summed E-state index contributed by atoms with van der Waals surface area (Å²) < 4.78 is 10.7. The summed E-state index contributed by atoms with van der Waals surface area (Å²) in [5, 5.41) is 6.65. The number of rotatable bonds is 11. The Morgan fingerprint density at radius 1 is 1.21 bits per heavy atom. The van der Waals surface area contributed by atoms with Crippen LogP contribution in [0.5, 0.6) is 0 Å². The van der Waals surface area contributed by atoms with Crippen molar-refractivity contribution in [3.05, 3.63) is 0 Å². The van der Waals surface area contributed by atoms with Gasteiger partial charge in [0.25, 0.3) is 0 Å². The van der Waals surface area contributed by atoms with E-state index in [1.54, 1.807) is 0 Å². The summed E-state index contributed by atoms with van der Waals surface area (Å²) in [7, 11) is 0. The van der Waals surface area contributed by atoms with Crippen LogP contribution in [-0.4, -0.2) is 50.4 Å². The number of esters is 1. The van der Waals surface area contributed by atoms with Crippen molar-refractivity contribution in [1.29, 1.82) is 0 Å². The van der Waals surface area contributed by atoms with E-state index in [4.69, 9.17) is 9.47 Å². The smallest absolute Gasteiger partial charge is 0.305 e. The van der Waals surface area contributed by atoms with Crippen molar-refractivity contribution >= 4 is 11.9 Å². The number of hydrogen-bond acceptors (Lipinski definition) is 4. The second kappa shape index (κ2) is 12.1. The van der Waals surface area contributed by atoms with Gasteiger partial charge in [-0.05, 0) is 46.5 Å². The van der Waals surface area contributed by atoms with Crippen LogP contribution < -0.4 is 10.6 Å². The first-order valence-corrected chi connectivity index (χ1v) is 9.41. The van der Waals surface area contributed by atoms with E-state index in [1.807, 2.05) is 6.92 Å². The number of nitrogens with zero attached hydrogens (tertiary/aromatic N) is 1. The Balaban J connectivity index is 2.14. The maximum atomic E-state index is 11.2. The standard InChI is InChI=1S/C18H35N3O3/c1-4-19-17(21-15-18(3)12-10-14-24-18)20-13-9-7-6-8-11-16(22)23-5-2/h4-15H2,1-3H3,(H2,19,20,21). The molecule has 1 fully saturated rings. The van der Waals surface area contributed by atoms with Crippen molar-refractivity contribution in [2.45, 2.75) is 71.3 Å². The van der Waals surface area contributed by atoms with Crippen molar-refractivity contribution in [3.63, 3.8) is 0 Å².